The number of hydrogen-bond acceptors (Lipinski definition) is 0. The molecular formula is C21H27Cl. The van der Waals surface area contributed by atoms with E-state index in [0.29, 0.717) is 11.8 Å². The van der Waals surface area contributed by atoms with E-state index in [2.05, 4.69) is 58.0 Å². The molecule has 0 bridgehead atoms. The Morgan fingerprint density at radius 2 is 1.50 bits per heavy atom. The van der Waals surface area contributed by atoms with E-state index in [4.69, 9.17) is 11.6 Å². The van der Waals surface area contributed by atoms with Crippen molar-refractivity contribution in [1.82, 2.24) is 0 Å². The van der Waals surface area contributed by atoms with Crippen LogP contribution in [-0.2, 0) is 12.8 Å². The van der Waals surface area contributed by atoms with Crippen LogP contribution in [0.3, 0.4) is 0 Å². The first-order valence-corrected chi connectivity index (χ1v) is 8.73. The molecule has 0 aliphatic heterocycles. The lowest BCUT2D eigenvalue weighted by atomic mass is 9.95. The third-order valence-electron chi connectivity index (χ3n) is 4.34. The highest BCUT2D eigenvalue weighted by Gasteiger charge is 2.15. The van der Waals surface area contributed by atoms with Gasteiger partial charge in [-0.2, -0.15) is 0 Å². The SMILES string of the molecule is CC(C)c1ccc(Cl)cc1.CC(C)c1cccc2c1CCC2. The van der Waals surface area contributed by atoms with Crippen LogP contribution in [-0.4, -0.2) is 0 Å². The number of aryl methyl sites for hydroxylation is 1. The Hall–Kier alpha value is -1.27. The summed E-state index contributed by atoms with van der Waals surface area (Å²) in [6.07, 6.45) is 3.97. The summed E-state index contributed by atoms with van der Waals surface area (Å²) in [4.78, 5) is 0. The predicted molar refractivity (Wildman–Crippen MR) is 98.1 cm³/mol. The number of fused-ring (bicyclic) bond motifs is 1. The van der Waals surface area contributed by atoms with Gasteiger partial charge in [-0.25, -0.2) is 0 Å². The summed E-state index contributed by atoms with van der Waals surface area (Å²) >= 11 is 5.72. The molecule has 22 heavy (non-hydrogen) atoms. The maximum absolute atomic E-state index is 5.72. The summed E-state index contributed by atoms with van der Waals surface area (Å²) in [5, 5.41) is 0.810. The zero-order valence-corrected chi connectivity index (χ0v) is 15.0. The molecule has 2 aromatic rings. The average Bonchev–Trinajstić information content (AvgIpc) is 2.96. The van der Waals surface area contributed by atoms with Crippen molar-refractivity contribution in [3.8, 4) is 0 Å². The largest absolute Gasteiger partial charge is 0.0843 e. The highest BCUT2D eigenvalue weighted by Crippen LogP contribution is 2.29. The molecule has 0 saturated heterocycles. The molecule has 1 aliphatic carbocycles. The first-order valence-electron chi connectivity index (χ1n) is 8.35. The van der Waals surface area contributed by atoms with Gasteiger partial charge in [0.2, 0.25) is 0 Å². The third kappa shape index (κ3) is 4.36. The van der Waals surface area contributed by atoms with Gasteiger partial charge in [-0.1, -0.05) is 69.6 Å². The summed E-state index contributed by atoms with van der Waals surface area (Å²) in [6.45, 7) is 8.91. The van der Waals surface area contributed by atoms with Crippen molar-refractivity contribution in [3.63, 3.8) is 0 Å². The minimum atomic E-state index is 0.595. The van der Waals surface area contributed by atoms with Crippen LogP contribution in [0.25, 0.3) is 0 Å². The van der Waals surface area contributed by atoms with Gasteiger partial charge in [0, 0.05) is 5.02 Å². The Bertz CT molecular complexity index is 594. The molecule has 0 heterocycles. The predicted octanol–water partition coefficient (Wildman–Crippen LogP) is 6.76. The van der Waals surface area contributed by atoms with Crippen molar-refractivity contribution >= 4 is 11.6 Å². The van der Waals surface area contributed by atoms with E-state index in [1.165, 1.54) is 24.8 Å². The molecule has 0 spiro atoms. The molecule has 0 radical (unpaired) electrons. The van der Waals surface area contributed by atoms with Crippen molar-refractivity contribution in [2.45, 2.75) is 58.8 Å². The van der Waals surface area contributed by atoms with Crippen molar-refractivity contribution in [2.75, 3.05) is 0 Å². The monoisotopic (exact) mass is 314 g/mol. The summed E-state index contributed by atoms with van der Waals surface area (Å²) in [7, 11) is 0. The lowest BCUT2D eigenvalue weighted by Gasteiger charge is -2.10. The Balaban J connectivity index is 0.000000164. The topological polar surface area (TPSA) is 0 Å². The van der Waals surface area contributed by atoms with Gasteiger partial charge < -0.3 is 0 Å². The molecule has 1 aliphatic rings. The van der Waals surface area contributed by atoms with Gasteiger partial charge in [0.05, 0.1) is 0 Å². The van der Waals surface area contributed by atoms with Crippen molar-refractivity contribution in [3.05, 3.63) is 69.7 Å². The molecule has 2 aromatic carbocycles. The zero-order chi connectivity index (χ0) is 16.1. The molecule has 0 amide bonds. The Kier molecular flexibility index (Phi) is 6.08. The van der Waals surface area contributed by atoms with Crippen LogP contribution in [0.2, 0.25) is 5.02 Å². The molecule has 0 N–H and O–H groups in total. The maximum Gasteiger partial charge on any atom is 0.0406 e. The third-order valence-corrected chi connectivity index (χ3v) is 4.59. The van der Waals surface area contributed by atoms with Gasteiger partial charge in [0.1, 0.15) is 0 Å². The highest BCUT2D eigenvalue weighted by molar-refractivity contribution is 6.30. The average molecular weight is 315 g/mol. The first kappa shape index (κ1) is 17.1. The van der Waals surface area contributed by atoms with Crippen LogP contribution in [0, 0.1) is 0 Å². The molecule has 1 heteroatoms. The van der Waals surface area contributed by atoms with E-state index < -0.39 is 0 Å². The van der Waals surface area contributed by atoms with Crippen LogP contribution < -0.4 is 0 Å². The molecular weight excluding hydrogens is 288 g/mol. The normalized spacial score (nSPS) is 13.0. The lowest BCUT2D eigenvalue weighted by Crippen LogP contribution is -1.94. The molecule has 0 saturated carbocycles. The van der Waals surface area contributed by atoms with Crippen molar-refractivity contribution in [2.24, 2.45) is 0 Å². The van der Waals surface area contributed by atoms with Crippen LogP contribution in [0.15, 0.2) is 42.5 Å². The summed E-state index contributed by atoms with van der Waals surface area (Å²) in [6, 6.07) is 14.8. The fourth-order valence-electron chi connectivity index (χ4n) is 3.04. The van der Waals surface area contributed by atoms with Crippen molar-refractivity contribution in [1.29, 1.82) is 0 Å². The van der Waals surface area contributed by atoms with E-state index in [1.807, 2.05) is 12.1 Å². The van der Waals surface area contributed by atoms with Crippen LogP contribution >= 0.6 is 11.6 Å². The van der Waals surface area contributed by atoms with Crippen molar-refractivity contribution < 1.29 is 0 Å². The first-order chi connectivity index (χ1) is 10.5. The van der Waals surface area contributed by atoms with Gasteiger partial charge in [0.15, 0.2) is 0 Å². The molecule has 0 fully saturated rings. The zero-order valence-electron chi connectivity index (χ0n) is 14.2. The van der Waals surface area contributed by atoms with Gasteiger partial charge in [0.25, 0.3) is 0 Å². The van der Waals surface area contributed by atoms with Crippen LogP contribution in [0.1, 0.15) is 68.2 Å². The van der Waals surface area contributed by atoms with Gasteiger partial charge in [-0.05, 0) is 65.5 Å². The number of hydrogen-bond donors (Lipinski definition) is 0. The van der Waals surface area contributed by atoms with Gasteiger partial charge in [-0.15, -0.1) is 0 Å². The standard InChI is InChI=1S/C12H16.C9H11Cl/c1-9(2)11-7-3-5-10-6-4-8-12(10)11;1-7(2)8-3-5-9(10)6-4-8/h3,5,7,9H,4,6,8H2,1-2H3;3-7H,1-2H3. The minimum absolute atomic E-state index is 0.595. The van der Waals surface area contributed by atoms with E-state index in [-0.39, 0.29) is 0 Å². The Morgan fingerprint density at radius 1 is 0.818 bits per heavy atom. The fourth-order valence-corrected chi connectivity index (χ4v) is 3.16. The number of rotatable bonds is 2. The maximum atomic E-state index is 5.72. The fraction of sp³-hybridized carbons (Fsp3) is 0.429. The quantitative estimate of drug-likeness (QED) is 0.574. The summed E-state index contributed by atoms with van der Waals surface area (Å²) in [5.74, 6) is 1.29. The molecule has 118 valence electrons. The number of halogens is 1. The molecule has 0 atom stereocenters. The molecule has 0 unspecified atom stereocenters. The van der Waals surface area contributed by atoms with Crippen LogP contribution in [0.5, 0.6) is 0 Å². The van der Waals surface area contributed by atoms with E-state index in [1.54, 1.807) is 16.7 Å². The highest BCUT2D eigenvalue weighted by atomic mass is 35.5. The summed E-state index contributed by atoms with van der Waals surface area (Å²) < 4.78 is 0. The lowest BCUT2D eigenvalue weighted by molar-refractivity contribution is 0.838. The van der Waals surface area contributed by atoms with E-state index in [0.717, 1.165) is 5.02 Å². The minimum Gasteiger partial charge on any atom is -0.0843 e. The molecule has 3 rings (SSSR count). The number of benzene rings is 2. The van der Waals surface area contributed by atoms with E-state index in [9.17, 15) is 0 Å². The van der Waals surface area contributed by atoms with E-state index >= 15 is 0 Å². The second-order valence-corrected chi connectivity index (χ2v) is 7.14. The summed E-state index contributed by atoms with van der Waals surface area (Å²) in [5.41, 5.74) is 6.16. The smallest absolute Gasteiger partial charge is 0.0406 e. The Labute approximate surface area is 140 Å². The molecule has 0 aromatic heterocycles. The molecule has 0 nitrogen and oxygen atoms in total. The second-order valence-electron chi connectivity index (χ2n) is 6.70. The second kappa shape index (κ2) is 7.83. The Morgan fingerprint density at radius 3 is 2.09 bits per heavy atom. The van der Waals surface area contributed by atoms with Gasteiger partial charge in [-0.3, -0.25) is 0 Å². The van der Waals surface area contributed by atoms with Crippen LogP contribution in [0.4, 0.5) is 0 Å². The van der Waals surface area contributed by atoms with Gasteiger partial charge >= 0.3 is 0 Å².